The van der Waals surface area contributed by atoms with Crippen molar-refractivity contribution in [2.24, 2.45) is 0 Å². The van der Waals surface area contributed by atoms with Gasteiger partial charge in [-0.3, -0.25) is 9.52 Å². The maximum absolute atomic E-state index is 12.4. The van der Waals surface area contributed by atoms with E-state index in [2.05, 4.69) is 19.9 Å². The lowest BCUT2D eigenvalue weighted by Crippen LogP contribution is -2.41. The lowest BCUT2D eigenvalue weighted by molar-refractivity contribution is -0.117. The van der Waals surface area contributed by atoms with Crippen LogP contribution in [0.15, 0.2) is 33.7 Å². The summed E-state index contributed by atoms with van der Waals surface area (Å²) in [7, 11) is -7.39. The molecule has 0 spiro atoms. The molecule has 0 aliphatic heterocycles. The van der Waals surface area contributed by atoms with Gasteiger partial charge in [-0.25, -0.2) is 16.8 Å². The average Bonchev–Trinajstić information content (AvgIpc) is 2.87. The minimum Gasteiger partial charge on any atom is -0.360 e. The molecule has 0 radical (unpaired) electrons. The first kappa shape index (κ1) is 20.9. The summed E-state index contributed by atoms with van der Waals surface area (Å²) in [6, 6.07) is 4.84. The normalized spacial score (nSPS) is 13.2. The lowest BCUT2D eigenvalue weighted by Gasteiger charge is -2.14. The zero-order valence-corrected chi connectivity index (χ0v) is 16.7. The molecule has 1 aromatic heterocycles. The summed E-state index contributed by atoms with van der Waals surface area (Å²) in [5.74, 6) is -0.462. The van der Waals surface area contributed by atoms with Crippen LogP contribution in [0.3, 0.4) is 0 Å². The Labute approximate surface area is 157 Å². The molecule has 0 aliphatic rings. The lowest BCUT2D eigenvalue weighted by atomic mass is 10.2. The number of carbonyl (C=O) groups excluding carboxylic acids is 1. The highest BCUT2D eigenvalue weighted by molar-refractivity contribution is 7.92. The molecule has 10 nitrogen and oxygen atoms in total. The fourth-order valence-corrected chi connectivity index (χ4v) is 4.39. The highest BCUT2D eigenvalue weighted by Gasteiger charge is 2.28. The van der Waals surface area contributed by atoms with Crippen molar-refractivity contribution in [1.82, 2.24) is 9.88 Å². The highest BCUT2D eigenvalue weighted by Crippen LogP contribution is 2.19. The maximum Gasteiger partial charge on any atom is 0.246 e. The summed E-state index contributed by atoms with van der Waals surface area (Å²) in [6.07, 6.45) is 1.02. The fourth-order valence-electron chi connectivity index (χ4n) is 2.29. The number of sulfonamides is 2. The molecule has 27 heavy (non-hydrogen) atoms. The predicted octanol–water partition coefficient (Wildman–Crippen LogP) is 0.968. The van der Waals surface area contributed by atoms with E-state index in [1.165, 1.54) is 45.0 Å². The molecule has 0 saturated carbocycles. The summed E-state index contributed by atoms with van der Waals surface area (Å²) >= 11 is 0. The largest absolute Gasteiger partial charge is 0.360 e. The van der Waals surface area contributed by atoms with Crippen LogP contribution in [0, 0.1) is 13.8 Å². The fraction of sp³-hybridized carbons (Fsp3) is 0.333. The molecular weight excluding hydrogens is 396 g/mol. The van der Waals surface area contributed by atoms with Crippen molar-refractivity contribution in [3.63, 3.8) is 0 Å². The first-order valence-electron chi connectivity index (χ1n) is 7.73. The SMILES string of the molecule is Cc1noc(C)c1S(=O)(=O)N[C@@H](C)C(=O)Nc1ccc(NS(C)(=O)=O)cc1. The van der Waals surface area contributed by atoms with Gasteiger partial charge < -0.3 is 9.84 Å². The summed E-state index contributed by atoms with van der Waals surface area (Å²) in [5.41, 5.74) is 0.909. The molecule has 0 aliphatic carbocycles. The minimum atomic E-state index is -3.99. The van der Waals surface area contributed by atoms with Gasteiger partial charge in [0.2, 0.25) is 26.0 Å². The molecule has 0 unspecified atom stereocenters. The van der Waals surface area contributed by atoms with Crippen molar-refractivity contribution in [3.05, 3.63) is 35.7 Å². The first-order chi connectivity index (χ1) is 12.4. The van der Waals surface area contributed by atoms with Crippen LogP contribution in [-0.2, 0) is 24.8 Å². The standard InChI is InChI=1S/C15H20N4O6S2/c1-9-14(11(3)25-17-9)27(23,24)18-10(2)15(20)16-12-5-7-13(8-6-12)19-26(4,21)22/h5-8,10,18-19H,1-4H3,(H,16,20)/t10-/m0/s1. The molecule has 0 fully saturated rings. The van der Waals surface area contributed by atoms with E-state index in [1.54, 1.807) is 0 Å². The molecule has 0 saturated heterocycles. The summed E-state index contributed by atoms with van der Waals surface area (Å²) in [6.45, 7) is 4.35. The maximum atomic E-state index is 12.4. The topological polar surface area (TPSA) is 147 Å². The number of benzene rings is 1. The van der Waals surface area contributed by atoms with Crippen molar-refractivity contribution in [3.8, 4) is 0 Å². The quantitative estimate of drug-likeness (QED) is 0.609. The molecule has 1 amide bonds. The van der Waals surface area contributed by atoms with Crippen LogP contribution in [0.5, 0.6) is 0 Å². The number of anilines is 2. The van der Waals surface area contributed by atoms with Crippen LogP contribution in [0.4, 0.5) is 11.4 Å². The number of amides is 1. The van der Waals surface area contributed by atoms with E-state index in [1.807, 2.05) is 0 Å². The Hall–Kier alpha value is -2.44. The number of aromatic nitrogens is 1. The van der Waals surface area contributed by atoms with Crippen molar-refractivity contribution in [2.45, 2.75) is 31.7 Å². The van der Waals surface area contributed by atoms with E-state index in [4.69, 9.17) is 4.52 Å². The van der Waals surface area contributed by atoms with E-state index in [0.717, 1.165) is 6.26 Å². The molecule has 1 aromatic carbocycles. The second-order valence-corrected chi connectivity index (χ2v) is 9.34. The third kappa shape index (κ3) is 5.52. The Kier molecular flexibility index (Phi) is 5.92. The van der Waals surface area contributed by atoms with Crippen molar-refractivity contribution in [2.75, 3.05) is 16.3 Å². The van der Waals surface area contributed by atoms with Gasteiger partial charge in [0, 0.05) is 11.4 Å². The zero-order chi connectivity index (χ0) is 20.4. The Morgan fingerprint density at radius 2 is 1.63 bits per heavy atom. The van der Waals surface area contributed by atoms with E-state index in [0.29, 0.717) is 11.4 Å². The van der Waals surface area contributed by atoms with Gasteiger partial charge >= 0.3 is 0 Å². The molecule has 0 bridgehead atoms. The van der Waals surface area contributed by atoms with Gasteiger partial charge in [-0.15, -0.1) is 0 Å². The monoisotopic (exact) mass is 416 g/mol. The second-order valence-electron chi connectivity index (χ2n) is 5.94. The molecular formula is C15H20N4O6S2. The Bertz CT molecular complexity index is 1020. The van der Waals surface area contributed by atoms with Gasteiger partial charge in [0.25, 0.3) is 0 Å². The number of carbonyl (C=O) groups is 1. The number of nitrogens with one attached hydrogen (secondary N) is 3. The van der Waals surface area contributed by atoms with Crippen LogP contribution in [-0.4, -0.2) is 40.2 Å². The van der Waals surface area contributed by atoms with Crippen LogP contribution in [0.2, 0.25) is 0 Å². The number of rotatable bonds is 7. The summed E-state index contributed by atoms with van der Waals surface area (Å²) in [4.78, 5) is 12.2. The third-order valence-electron chi connectivity index (χ3n) is 3.42. The summed E-state index contributed by atoms with van der Waals surface area (Å²) < 4.78 is 56.6. The molecule has 1 heterocycles. The van der Waals surface area contributed by atoms with Crippen LogP contribution in [0.25, 0.3) is 0 Å². The van der Waals surface area contributed by atoms with Gasteiger partial charge in [-0.1, -0.05) is 5.16 Å². The molecule has 2 aromatic rings. The number of nitrogens with zero attached hydrogens (tertiary/aromatic N) is 1. The van der Waals surface area contributed by atoms with Gasteiger partial charge in [0.15, 0.2) is 5.76 Å². The number of hydrogen-bond acceptors (Lipinski definition) is 7. The molecule has 148 valence electrons. The van der Waals surface area contributed by atoms with Crippen LogP contribution >= 0.6 is 0 Å². The van der Waals surface area contributed by atoms with Gasteiger partial charge in [0.05, 0.1) is 12.3 Å². The average molecular weight is 416 g/mol. The Balaban J connectivity index is 2.05. The number of aryl methyl sites for hydroxylation is 2. The van der Waals surface area contributed by atoms with Crippen molar-refractivity contribution in [1.29, 1.82) is 0 Å². The van der Waals surface area contributed by atoms with Crippen molar-refractivity contribution >= 4 is 37.3 Å². The highest BCUT2D eigenvalue weighted by atomic mass is 32.2. The second kappa shape index (κ2) is 7.66. The molecule has 2 rings (SSSR count). The Morgan fingerprint density at radius 3 is 2.11 bits per heavy atom. The summed E-state index contributed by atoms with van der Waals surface area (Å²) in [5, 5.41) is 6.14. The van der Waals surface area contributed by atoms with Gasteiger partial charge in [-0.2, -0.15) is 4.72 Å². The molecule has 12 heteroatoms. The molecule has 1 atom stereocenters. The zero-order valence-electron chi connectivity index (χ0n) is 15.1. The van der Waals surface area contributed by atoms with E-state index in [9.17, 15) is 21.6 Å². The Morgan fingerprint density at radius 1 is 1.07 bits per heavy atom. The van der Waals surface area contributed by atoms with Gasteiger partial charge in [0.1, 0.15) is 10.6 Å². The smallest absolute Gasteiger partial charge is 0.246 e. The van der Waals surface area contributed by atoms with E-state index < -0.39 is 32.0 Å². The third-order valence-corrected chi connectivity index (χ3v) is 5.81. The predicted molar refractivity (Wildman–Crippen MR) is 99.3 cm³/mol. The van der Waals surface area contributed by atoms with Crippen LogP contribution in [0.1, 0.15) is 18.4 Å². The van der Waals surface area contributed by atoms with Crippen LogP contribution < -0.4 is 14.8 Å². The van der Waals surface area contributed by atoms with Gasteiger partial charge in [-0.05, 0) is 45.0 Å². The van der Waals surface area contributed by atoms with E-state index >= 15 is 0 Å². The minimum absolute atomic E-state index is 0.0987. The van der Waals surface area contributed by atoms with E-state index in [-0.39, 0.29) is 16.3 Å². The van der Waals surface area contributed by atoms with Crippen molar-refractivity contribution < 1.29 is 26.2 Å². The molecule has 3 N–H and O–H groups in total. The first-order valence-corrected chi connectivity index (χ1v) is 11.1. The number of hydrogen-bond donors (Lipinski definition) is 3.